The number of hydrogen-bond acceptors (Lipinski definition) is 3. The van der Waals surface area contributed by atoms with Crippen LogP contribution in [-0.2, 0) is 6.42 Å². The number of hydrazine groups is 1. The van der Waals surface area contributed by atoms with Crippen LogP contribution in [0, 0.1) is 13.8 Å². The molecule has 3 rings (SSSR count). The Morgan fingerprint density at radius 1 is 1.15 bits per heavy atom. The largest absolute Gasteiger partial charge is 0.493 e. The number of rotatable bonds is 3. The third-order valence-corrected chi connectivity index (χ3v) is 3.96. The molecule has 0 saturated heterocycles. The lowest BCUT2D eigenvalue weighted by Gasteiger charge is -2.21. The van der Waals surface area contributed by atoms with Gasteiger partial charge in [0.15, 0.2) is 0 Å². The molecule has 0 fully saturated rings. The molecule has 2 aromatic rings. The predicted octanol–water partition coefficient (Wildman–Crippen LogP) is 2.79. The molecule has 0 aliphatic carbocycles. The lowest BCUT2D eigenvalue weighted by atomic mass is 9.92. The van der Waals surface area contributed by atoms with E-state index in [9.17, 15) is 0 Å². The average molecular weight is 268 g/mol. The summed E-state index contributed by atoms with van der Waals surface area (Å²) < 4.78 is 5.80. The van der Waals surface area contributed by atoms with Crippen LogP contribution in [0.15, 0.2) is 36.4 Å². The highest BCUT2D eigenvalue weighted by Crippen LogP contribution is 2.36. The van der Waals surface area contributed by atoms with Gasteiger partial charge in [0, 0.05) is 12.0 Å². The minimum absolute atomic E-state index is 0.0383. The van der Waals surface area contributed by atoms with E-state index in [1.807, 2.05) is 0 Å². The monoisotopic (exact) mass is 268 g/mol. The number of para-hydroxylation sites is 1. The highest BCUT2D eigenvalue weighted by molar-refractivity contribution is 5.50. The number of fused-ring (bicyclic) bond motifs is 1. The first kappa shape index (κ1) is 13.2. The minimum atomic E-state index is -0.0383. The Morgan fingerprint density at radius 2 is 2.00 bits per heavy atom. The molecular formula is C17H20N2O. The summed E-state index contributed by atoms with van der Waals surface area (Å²) in [7, 11) is 0. The summed E-state index contributed by atoms with van der Waals surface area (Å²) in [5.74, 6) is 6.83. The van der Waals surface area contributed by atoms with Gasteiger partial charge < -0.3 is 4.74 Å². The molecule has 0 bridgehead atoms. The molecule has 0 saturated carbocycles. The molecule has 0 aromatic heterocycles. The lowest BCUT2D eigenvalue weighted by molar-refractivity contribution is 0.350. The number of hydrogen-bond donors (Lipinski definition) is 2. The van der Waals surface area contributed by atoms with E-state index < -0.39 is 0 Å². The van der Waals surface area contributed by atoms with Crippen molar-refractivity contribution in [3.8, 4) is 5.75 Å². The van der Waals surface area contributed by atoms with Crippen molar-refractivity contribution >= 4 is 0 Å². The van der Waals surface area contributed by atoms with Crippen molar-refractivity contribution in [3.05, 3.63) is 64.2 Å². The van der Waals surface area contributed by atoms with Crippen LogP contribution in [0.2, 0.25) is 0 Å². The van der Waals surface area contributed by atoms with Gasteiger partial charge in [0.25, 0.3) is 0 Å². The number of benzene rings is 2. The third-order valence-electron chi connectivity index (χ3n) is 3.96. The van der Waals surface area contributed by atoms with E-state index in [2.05, 4.69) is 55.7 Å². The molecule has 1 heterocycles. The fourth-order valence-electron chi connectivity index (χ4n) is 2.96. The fraction of sp³-hybridized carbons (Fsp3) is 0.294. The molecule has 3 nitrogen and oxygen atoms in total. The van der Waals surface area contributed by atoms with Gasteiger partial charge in [0.1, 0.15) is 5.75 Å². The van der Waals surface area contributed by atoms with Gasteiger partial charge in [0.05, 0.1) is 12.6 Å². The van der Waals surface area contributed by atoms with Crippen molar-refractivity contribution in [1.29, 1.82) is 0 Å². The summed E-state index contributed by atoms with van der Waals surface area (Å²) in [4.78, 5) is 0. The van der Waals surface area contributed by atoms with Crippen molar-refractivity contribution in [1.82, 2.24) is 5.43 Å². The summed E-state index contributed by atoms with van der Waals surface area (Å²) in [5.41, 5.74) is 9.03. The van der Waals surface area contributed by atoms with Gasteiger partial charge in [-0.05, 0) is 30.5 Å². The van der Waals surface area contributed by atoms with Crippen LogP contribution in [0.25, 0.3) is 0 Å². The molecule has 1 atom stereocenters. The smallest absolute Gasteiger partial charge is 0.127 e. The third kappa shape index (κ3) is 2.19. The molecule has 0 radical (unpaired) electrons. The summed E-state index contributed by atoms with van der Waals surface area (Å²) in [6.45, 7) is 4.98. The Kier molecular flexibility index (Phi) is 3.47. The van der Waals surface area contributed by atoms with Crippen LogP contribution in [0.5, 0.6) is 5.75 Å². The maximum absolute atomic E-state index is 5.83. The van der Waals surface area contributed by atoms with Crippen LogP contribution in [0.3, 0.4) is 0 Å². The molecule has 20 heavy (non-hydrogen) atoms. The van der Waals surface area contributed by atoms with Gasteiger partial charge in [-0.15, -0.1) is 0 Å². The topological polar surface area (TPSA) is 47.3 Å². The van der Waals surface area contributed by atoms with E-state index in [4.69, 9.17) is 10.6 Å². The first-order chi connectivity index (χ1) is 9.70. The first-order valence-electron chi connectivity index (χ1n) is 6.98. The molecule has 0 spiro atoms. The van der Waals surface area contributed by atoms with Crippen LogP contribution in [0.1, 0.15) is 33.9 Å². The molecule has 104 valence electrons. The Labute approximate surface area is 119 Å². The summed E-state index contributed by atoms with van der Waals surface area (Å²) in [6.07, 6.45) is 0.980. The predicted molar refractivity (Wildman–Crippen MR) is 80.7 cm³/mol. The van der Waals surface area contributed by atoms with Crippen molar-refractivity contribution in [2.24, 2.45) is 5.84 Å². The number of ether oxygens (including phenoxy) is 1. The molecule has 1 aliphatic heterocycles. The molecule has 3 N–H and O–H groups in total. The van der Waals surface area contributed by atoms with Crippen LogP contribution >= 0.6 is 0 Å². The second-order valence-electron chi connectivity index (χ2n) is 5.39. The number of nitrogens with one attached hydrogen (secondary N) is 1. The Hall–Kier alpha value is -1.84. The second-order valence-corrected chi connectivity index (χ2v) is 5.39. The van der Waals surface area contributed by atoms with E-state index in [1.165, 1.54) is 22.3 Å². The molecular weight excluding hydrogens is 248 g/mol. The van der Waals surface area contributed by atoms with Crippen molar-refractivity contribution in [2.45, 2.75) is 26.3 Å². The van der Waals surface area contributed by atoms with E-state index in [0.29, 0.717) is 0 Å². The van der Waals surface area contributed by atoms with E-state index in [-0.39, 0.29) is 6.04 Å². The molecule has 2 aromatic carbocycles. The van der Waals surface area contributed by atoms with Gasteiger partial charge in [-0.2, -0.15) is 0 Å². The molecule has 1 unspecified atom stereocenters. The van der Waals surface area contributed by atoms with Crippen LogP contribution < -0.4 is 16.0 Å². The van der Waals surface area contributed by atoms with E-state index >= 15 is 0 Å². The zero-order chi connectivity index (χ0) is 14.1. The van der Waals surface area contributed by atoms with Crippen molar-refractivity contribution in [2.75, 3.05) is 6.61 Å². The van der Waals surface area contributed by atoms with Gasteiger partial charge in [0.2, 0.25) is 0 Å². The zero-order valence-electron chi connectivity index (χ0n) is 11.9. The Bertz CT molecular complexity index is 637. The standard InChI is InChI=1S/C17H20N2O/c1-11-6-7-14(12(2)10-11)16(19-18)15-5-3-4-13-8-9-20-17(13)15/h3-7,10,16,19H,8-9,18H2,1-2H3. The quantitative estimate of drug-likeness (QED) is 0.664. The maximum Gasteiger partial charge on any atom is 0.127 e. The average Bonchev–Trinajstić information content (AvgIpc) is 2.91. The van der Waals surface area contributed by atoms with Gasteiger partial charge >= 0.3 is 0 Å². The van der Waals surface area contributed by atoms with Gasteiger partial charge in [-0.1, -0.05) is 42.0 Å². The molecule has 1 aliphatic rings. The molecule has 3 heteroatoms. The number of aryl methyl sites for hydroxylation is 2. The van der Waals surface area contributed by atoms with E-state index in [1.54, 1.807) is 0 Å². The fourth-order valence-corrected chi connectivity index (χ4v) is 2.96. The SMILES string of the molecule is Cc1ccc(C(NN)c2cccc3c2OCC3)c(C)c1. The summed E-state index contributed by atoms with van der Waals surface area (Å²) in [5, 5.41) is 0. The summed E-state index contributed by atoms with van der Waals surface area (Å²) >= 11 is 0. The van der Waals surface area contributed by atoms with Crippen molar-refractivity contribution in [3.63, 3.8) is 0 Å². The second kappa shape index (κ2) is 5.27. The van der Waals surface area contributed by atoms with Gasteiger partial charge in [-0.3, -0.25) is 5.84 Å². The highest BCUT2D eigenvalue weighted by Gasteiger charge is 2.23. The van der Waals surface area contributed by atoms with Crippen LogP contribution in [0.4, 0.5) is 0 Å². The normalized spacial score (nSPS) is 14.8. The van der Waals surface area contributed by atoms with Crippen molar-refractivity contribution < 1.29 is 4.74 Å². The Morgan fingerprint density at radius 3 is 2.75 bits per heavy atom. The summed E-state index contributed by atoms with van der Waals surface area (Å²) in [6, 6.07) is 12.7. The minimum Gasteiger partial charge on any atom is -0.493 e. The van der Waals surface area contributed by atoms with Gasteiger partial charge in [-0.25, -0.2) is 5.43 Å². The zero-order valence-corrected chi connectivity index (χ0v) is 11.9. The lowest BCUT2D eigenvalue weighted by Crippen LogP contribution is -2.29. The van der Waals surface area contributed by atoms with Crippen LogP contribution in [-0.4, -0.2) is 6.61 Å². The Balaban J connectivity index is 2.09. The first-order valence-corrected chi connectivity index (χ1v) is 6.98. The maximum atomic E-state index is 5.83. The molecule has 0 amide bonds. The number of nitrogens with two attached hydrogens (primary N) is 1. The van der Waals surface area contributed by atoms with E-state index in [0.717, 1.165) is 24.3 Å². The highest BCUT2D eigenvalue weighted by atomic mass is 16.5.